The minimum atomic E-state index is 0.233. The van der Waals surface area contributed by atoms with Crippen molar-refractivity contribution >= 4 is 11.6 Å². The molecule has 108 valence electrons. The second kappa shape index (κ2) is 8.41. The molecular weight excluding hydrogens is 262 g/mol. The number of ether oxygens (including phenoxy) is 2. The molecule has 3 nitrogen and oxygen atoms in total. The maximum absolute atomic E-state index is 6.10. The van der Waals surface area contributed by atoms with E-state index in [4.69, 9.17) is 21.1 Å². The Morgan fingerprint density at radius 3 is 2.58 bits per heavy atom. The van der Waals surface area contributed by atoms with Crippen molar-refractivity contribution in [1.29, 1.82) is 0 Å². The molecule has 0 fully saturated rings. The van der Waals surface area contributed by atoms with Crippen LogP contribution in [-0.2, 0) is 4.74 Å². The highest BCUT2D eigenvalue weighted by molar-refractivity contribution is 6.30. The third kappa shape index (κ3) is 5.01. The minimum Gasteiger partial charge on any atom is -0.496 e. The number of halogens is 1. The Hall–Kier alpha value is -0.770. The summed E-state index contributed by atoms with van der Waals surface area (Å²) in [5.41, 5.74) is 1.11. The summed E-state index contributed by atoms with van der Waals surface area (Å²) in [5, 5.41) is 4.22. The molecule has 0 bridgehead atoms. The minimum absolute atomic E-state index is 0.233. The van der Waals surface area contributed by atoms with Crippen molar-refractivity contribution in [2.24, 2.45) is 0 Å². The van der Waals surface area contributed by atoms with Crippen molar-refractivity contribution in [3.8, 4) is 5.75 Å². The highest BCUT2D eigenvalue weighted by atomic mass is 35.5. The Morgan fingerprint density at radius 1 is 1.26 bits per heavy atom. The average Bonchev–Trinajstić information content (AvgIpc) is 2.43. The van der Waals surface area contributed by atoms with Gasteiger partial charge in [0.25, 0.3) is 0 Å². The summed E-state index contributed by atoms with van der Waals surface area (Å²) < 4.78 is 10.7. The molecule has 1 aromatic carbocycles. The molecule has 0 spiro atoms. The van der Waals surface area contributed by atoms with Crippen LogP contribution in [0.3, 0.4) is 0 Å². The lowest BCUT2D eigenvalue weighted by atomic mass is 9.99. The van der Waals surface area contributed by atoms with Crippen LogP contribution in [0, 0.1) is 0 Å². The quantitative estimate of drug-likeness (QED) is 0.788. The summed E-state index contributed by atoms with van der Waals surface area (Å²) >= 11 is 6.10. The number of rotatable bonds is 8. The van der Waals surface area contributed by atoms with Crippen LogP contribution < -0.4 is 10.1 Å². The van der Waals surface area contributed by atoms with Crippen molar-refractivity contribution in [3.05, 3.63) is 28.8 Å². The molecular formula is C15H24ClNO2. The van der Waals surface area contributed by atoms with E-state index in [1.165, 1.54) is 0 Å². The molecule has 0 aliphatic heterocycles. The summed E-state index contributed by atoms with van der Waals surface area (Å²) in [4.78, 5) is 0. The molecule has 1 aromatic rings. The van der Waals surface area contributed by atoms with Crippen LogP contribution in [0.4, 0.5) is 0 Å². The lowest BCUT2D eigenvalue weighted by Crippen LogP contribution is -2.23. The molecule has 0 radical (unpaired) electrons. The van der Waals surface area contributed by atoms with Crippen LogP contribution in [-0.4, -0.2) is 26.9 Å². The van der Waals surface area contributed by atoms with E-state index in [-0.39, 0.29) is 12.1 Å². The molecule has 0 saturated carbocycles. The molecule has 1 N–H and O–H groups in total. The lowest BCUT2D eigenvalue weighted by molar-refractivity contribution is 0.106. The number of nitrogens with one attached hydrogen (secondary N) is 1. The Morgan fingerprint density at radius 2 is 2.00 bits per heavy atom. The summed E-state index contributed by atoms with van der Waals surface area (Å²) in [6, 6.07) is 5.98. The first-order chi connectivity index (χ1) is 9.12. The van der Waals surface area contributed by atoms with E-state index in [0.717, 1.165) is 35.7 Å². The predicted molar refractivity (Wildman–Crippen MR) is 80.1 cm³/mol. The van der Waals surface area contributed by atoms with Crippen LogP contribution in [0.25, 0.3) is 0 Å². The van der Waals surface area contributed by atoms with Crippen LogP contribution >= 0.6 is 11.6 Å². The van der Waals surface area contributed by atoms with E-state index in [1.807, 2.05) is 18.2 Å². The maximum atomic E-state index is 6.10. The van der Waals surface area contributed by atoms with E-state index >= 15 is 0 Å². The van der Waals surface area contributed by atoms with Gasteiger partial charge in [-0.05, 0) is 44.5 Å². The second-order valence-electron chi connectivity index (χ2n) is 4.62. The average molecular weight is 286 g/mol. The van der Waals surface area contributed by atoms with Gasteiger partial charge in [-0.15, -0.1) is 0 Å². The SMILES string of the molecule is CCNC(CCC(C)OC)c1cc(Cl)ccc1OC. The Bertz CT molecular complexity index is 384. The summed E-state index contributed by atoms with van der Waals surface area (Å²) in [6.07, 6.45) is 2.23. The zero-order valence-corrected chi connectivity index (χ0v) is 13.0. The Kier molecular flexibility index (Phi) is 7.21. The van der Waals surface area contributed by atoms with Gasteiger partial charge < -0.3 is 14.8 Å². The summed E-state index contributed by atoms with van der Waals surface area (Å²) in [7, 11) is 3.43. The van der Waals surface area contributed by atoms with Gasteiger partial charge in [0.2, 0.25) is 0 Å². The molecule has 0 amide bonds. The molecule has 1 rings (SSSR count). The van der Waals surface area contributed by atoms with Crippen LogP contribution in [0.15, 0.2) is 18.2 Å². The molecule has 4 heteroatoms. The fourth-order valence-electron chi connectivity index (χ4n) is 2.11. The maximum Gasteiger partial charge on any atom is 0.123 e. The predicted octanol–water partition coefficient (Wildman–Crippen LogP) is 3.81. The third-order valence-corrected chi connectivity index (χ3v) is 3.52. The fraction of sp³-hybridized carbons (Fsp3) is 0.600. The zero-order valence-electron chi connectivity index (χ0n) is 12.2. The largest absolute Gasteiger partial charge is 0.496 e. The Balaban J connectivity index is 2.87. The first kappa shape index (κ1) is 16.3. The molecule has 19 heavy (non-hydrogen) atoms. The van der Waals surface area contributed by atoms with Crippen LogP contribution in [0.2, 0.25) is 5.02 Å². The van der Waals surface area contributed by atoms with Crippen molar-refractivity contribution in [2.75, 3.05) is 20.8 Å². The molecule has 0 saturated heterocycles. The van der Waals surface area contributed by atoms with E-state index in [1.54, 1.807) is 14.2 Å². The monoisotopic (exact) mass is 285 g/mol. The van der Waals surface area contributed by atoms with Gasteiger partial charge in [-0.1, -0.05) is 18.5 Å². The van der Waals surface area contributed by atoms with Gasteiger partial charge in [0, 0.05) is 23.7 Å². The van der Waals surface area contributed by atoms with E-state index < -0.39 is 0 Å². The number of hydrogen-bond donors (Lipinski definition) is 1. The number of methoxy groups -OCH3 is 2. The van der Waals surface area contributed by atoms with Gasteiger partial charge in [-0.25, -0.2) is 0 Å². The molecule has 2 unspecified atom stereocenters. The van der Waals surface area contributed by atoms with E-state index in [9.17, 15) is 0 Å². The molecule has 0 aliphatic carbocycles. The van der Waals surface area contributed by atoms with Gasteiger partial charge >= 0.3 is 0 Å². The van der Waals surface area contributed by atoms with Crippen molar-refractivity contribution in [2.45, 2.75) is 38.8 Å². The van der Waals surface area contributed by atoms with E-state index in [2.05, 4.69) is 19.2 Å². The third-order valence-electron chi connectivity index (χ3n) is 3.28. The number of hydrogen-bond acceptors (Lipinski definition) is 3. The van der Waals surface area contributed by atoms with Crippen molar-refractivity contribution < 1.29 is 9.47 Å². The summed E-state index contributed by atoms with van der Waals surface area (Å²) in [5.74, 6) is 0.875. The first-order valence-corrected chi connectivity index (χ1v) is 7.09. The van der Waals surface area contributed by atoms with Gasteiger partial charge in [0.1, 0.15) is 5.75 Å². The topological polar surface area (TPSA) is 30.5 Å². The first-order valence-electron chi connectivity index (χ1n) is 6.72. The molecule has 2 atom stereocenters. The molecule has 0 heterocycles. The van der Waals surface area contributed by atoms with Gasteiger partial charge in [-0.3, -0.25) is 0 Å². The van der Waals surface area contributed by atoms with Gasteiger partial charge in [0.15, 0.2) is 0 Å². The zero-order chi connectivity index (χ0) is 14.3. The molecule has 0 aliphatic rings. The smallest absolute Gasteiger partial charge is 0.123 e. The highest BCUT2D eigenvalue weighted by Crippen LogP contribution is 2.31. The van der Waals surface area contributed by atoms with Crippen LogP contribution in [0.5, 0.6) is 5.75 Å². The summed E-state index contributed by atoms with van der Waals surface area (Å²) in [6.45, 7) is 5.09. The fourth-order valence-corrected chi connectivity index (χ4v) is 2.29. The molecule has 0 aromatic heterocycles. The normalized spacial score (nSPS) is 14.2. The highest BCUT2D eigenvalue weighted by Gasteiger charge is 2.16. The van der Waals surface area contributed by atoms with Gasteiger partial charge in [-0.2, -0.15) is 0 Å². The van der Waals surface area contributed by atoms with E-state index in [0.29, 0.717) is 0 Å². The van der Waals surface area contributed by atoms with Crippen molar-refractivity contribution in [1.82, 2.24) is 5.32 Å². The van der Waals surface area contributed by atoms with Crippen LogP contribution in [0.1, 0.15) is 38.3 Å². The lowest BCUT2D eigenvalue weighted by Gasteiger charge is -2.22. The second-order valence-corrected chi connectivity index (χ2v) is 5.06. The van der Waals surface area contributed by atoms with Gasteiger partial charge in [0.05, 0.1) is 13.2 Å². The number of benzene rings is 1. The Labute approximate surface area is 121 Å². The van der Waals surface area contributed by atoms with Crippen molar-refractivity contribution in [3.63, 3.8) is 0 Å². The standard InChI is InChI=1S/C15H24ClNO2/c1-5-17-14(8-6-11(2)18-3)13-10-12(16)7-9-15(13)19-4/h7,9-11,14,17H,5-6,8H2,1-4H3.